The van der Waals surface area contributed by atoms with Gasteiger partial charge < -0.3 is 10.1 Å². The molecule has 0 spiro atoms. The van der Waals surface area contributed by atoms with E-state index in [-0.39, 0.29) is 24.6 Å². The number of thiophene rings is 2. The highest BCUT2D eigenvalue weighted by molar-refractivity contribution is 7.10. The number of unbranched alkanes of at least 4 members (excludes halogenated alkanes) is 1. The van der Waals surface area contributed by atoms with Gasteiger partial charge >= 0.3 is 6.09 Å². The van der Waals surface area contributed by atoms with E-state index >= 15 is 0 Å². The molecule has 0 aromatic carbocycles. The molecule has 0 aliphatic carbocycles. The minimum absolute atomic E-state index is 0.101. The zero-order valence-electron chi connectivity index (χ0n) is 15.3. The van der Waals surface area contributed by atoms with Crippen molar-refractivity contribution < 1.29 is 14.3 Å². The average Bonchev–Trinajstić information content (AvgIpc) is 3.30. The van der Waals surface area contributed by atoms with Crippen LogP contribution in [0.1, 0.15) is 42.9 Å². The Bertz CT molecular complexity index is 620. The van der Waals surface area contributed by atoms with Crippen molar-refractivity contribution in [1.82, 2.24) is 10.2 Å². The van der Waals surface area contributed by atoms with Crippen LogP contribution in [-0.4, -0.2) is 29.5 Å². The molecule has 0 radical (unpaired) electrons. The summed E-state index contributed by atoms with van der Waals surface area (Å²) in [6.45, 7) is 4.83. The second-order valence-electron chi connectivity index (χ2n) is 6.13. The third-order valence-corrected chi connectivity index (χ3v) is 5.56. The normalized spacial score (nSPS) is 11.8. The highest BCUT2D eigenvalue weighted by Gasteiger charge is 2.19. The van der Waals surface area contributed by atoms with Crippen LogP contribution in [0.25, 0.3) is 0 Å². The lowest BCUT2D eigenvalue weighted by Crippen LogP contribution is -2.39. The lowest BCUT2D eigenvalue weighted by molar-refractivity contribution is -0.120. The molecule has 0 aliphatic heterocycles. The molecular formula is C19H26N2O3S2. The third-order valence-electron chi connectivity index (χ3n) is 3.83. The Hall–Kier alpha value is -1.86. The molecule has 2 aromatic heterocycles. The molecule has 26 heavy (non-hydrogen) atoms. The molecule has 0 saturated carbocycles. The summed E-state index contributed by atoms with van der Waals surface area (Å²) in [5.74, 6) is -0.101. The molecule has 1 unspecified atom stereocenters. The van der Waals surface area contributed by atoms with Gasteiger partial charge in [0.2, 0.25) is 5.91 Å². The van der Waals surface area contributed by atoms with Gasteiger partial charge in [-0.2, -0.15) is 0 Å². The molecule has 1 atom stereocenters. The number of nitrogens with zero attached hydrogens (tertiary/aromatic N) is 1. The van der Waals surface area contributed by atoms with Crippen molar-refractivity contribution in [2.75, 3.05) is 6.61 Å². The fraction of sp³-hybridized carbons (Fsp3) is 0.474. The second-order valence-corrected chi connectivity index (χ2v) is 8.20. The van der Waals surface area contributed by atoms with Crippen molar-refractivity contribution in [3.8, 4) is 0 Å². The molecule has 142 valence electrons. The van der Waals surface area contributed by atoms with Gasteiger partial charge in [0.15, 0.2) is 0 Å². The Morgan fingerprint density at radius 2 is 1.77 bits per heavy atom. The van der Waals surface area contributed by atoms with Gasteiger partial charge in [0.05, 0.1) is 19.1 Å². The van der Waals surface area contributed by atoms with E-state index in [9.17, 15) is 9.59 Å². The third kappa shape index (κ3) is 7.17. The summed E-state index contributed by atoms with van der Waals surface area (Å²) in [6.07, 6.45) is 2.47. The molecule has 0 saturated heterocycles. The summed E-state index contributed by atoms with van der Waals surface area (Å²) in [6, 6.07) is 7.85. The van der Waals surface area contributed by atoms with E-state index in [0.29, 0.717) is 13.1 Å². The fourth-order valence-corrected chi connectivity index (χ4v) is 4.00. The van der Waals surface area contributed by atoms with E-state index in [1.165, 1.54) is 6.92 Å². The summed E-state index contributed by atoms with van der Waals surface area (Å²) in [4.78, 5) is 28.0. The van der Waals surface area contributed by atoms with Crippen LogP contribution >= 0.6 is 22.7 Å². The number of nitrogens with one attached hydrogen (secondary N) is 1. The van der Waals surface area contributed by atoms with Crippen molar-refractivity contribution in [2.24, 2.45) is 0 Å². The Morgan fingerprint density at radius 1 is 1.15 bits per heavy atom. The van der Waals surface area contributed by atoms with Gasteiger partial charge in [0.25, 0.3) is 0 Å². The van der Waals surface area contributed by atoms with Crippen molar-refractivity contribution >= 4 is 34.7 Å². The molecule has 1 N–H and O–H groups in total. The van der Waals surface area contributed by atoms with Crippen LogP contribution in [0.15, 0.2) is 35.0 Å². The first kappa shape index (κ1) is 20.5. The zero-order chi connectivity index (χ0) is 18.8. The molecule has 5 nitrogen and oxygen atoms in total. The van der Waals surface area contributed by atoms with Crippen molar-refractivity contribution in [1.29, 1.82) is 0 Å². The van der Waals surface area contributed by atoms with Crippen LogP contribution in [0.4, 0.5) is 4.79 Å². The topological polar surface area (TPSA) is 58.6 Å². The molecule has 7 heteroatoms. The molecule has 0 bridgehead atoms. The molecule has 2 aromatic rings. The largest absolute Gasteiger partial charge is 0.447 e. The average molecular weight is 395 g/mol. The number of rotatable bonds is 10. The van der Waals surface area contributed by atoms with Crippen molar-refractivity contribution in [3.63, 3.8) is 0 Å². The minimum atomic E-state index is -0.348. The summed E-state index contributed by atoms with van der Waals surface area (Å²) in [5.41, 5.74) is 0. The van der Waals surface area contributed by atoms with Crippen LogP contribution in [0.3, 0.4) is 0 Å². The van der Waals surface area contributed by atoms with Crippen LogP contribution in [-0.2, 0) is 22.6 Å². The standard InChI is InChI=1S/C19H26N2O3S2/c1-3-4-7-16(20-15(2)22)14-24-19(23)21(12-17-8-5-10-25-17)13-18-9-6-11-26-18/h5-6,8-11,16H,3-4,7,12-14H2,1-2H3,(H,20,22). The van der Waals surface area contributed by atoms with E-state index < -0.39 is 0 Å². The summed E-state index contributed by atoms with van der Waals surface area (Å²) < 4.78 is 5.54. The molecule has 0 fully saturated rings. The molecular weight excluding hydrogens is 368 g/mol. The number of hydrogen-bond donors (Lipinski definition) is 1. The Kier molecular flexibility index (Phi) is 8.64. The molecule has 2 rings (SSSR count). The van der Waals surface area contributed by atoms with E-state index in [0.717, 1.165) is 29.0 Å². The van der Waals surface area contributed by atoms with Gasteiger partial charge in [0.1, 0.15) is 6.61 Å². The molecule has 0 aliphatic rings. The van der Waals surface area contributed by atoms with Gasteiger partial charge in [-0.25, -0.2) is 4.79 Å². The van der Waals surface area contributed by atoms with Gasteiger partial charge in [0, 0.05) is 16.7 Å². The van der Waals surface area contributed by atoms with Crippen molar-refractivity contribution in [3.05, 3.63) is 44.8 Å². The minimum Gasteiger partial charge on any atom is -0.447 e. The van der Waals surface area contributed by atoms with Crippen LogP contribution < -0.4 is 5.32 Å². The molecule has 2 amide bonds. The number of carbonyl (C=O) groups excluding carboxylic acids is 2. The van der Waals surface area contributed by atoms with Crippen molar-refractivity contribution in [2.45, 2.75) is 52.2 Å². The van der Waals surface area contributed by atoms with Gasteiger partial charge in [-0.15, -0.1) is 22.7 Å². The predicted molar refractivity (Wildman–Crippen MR) is 106 cm³/mol. The SMILES string of the molecule is CCCCC(COC(=O)N(Cc1cccs1)Cc1cccs1)NC(C)=O. The van der Waals surface area contributed by atoms with Gasteiger partial charge in [-0.1, -0.05) is 31.9 Å². The number of ether oxygens (including phenoxy) is 1. The maximum atomic E-state index is 12.7. The second kappa shape index (κ2) is 11.0. The number of carbonyl (C=O) groups is 2. The number of amides is 2. The quantitative estimate of drug-likeness (QED) is 0.638. The van der Waals surface area contributed by atoms with E-state index in [1.807, 2.05) is 35.0 Å². The predicted octanol–water partition coefficient (Wildman–Crippen LogP) is 4.64. The first-order chi connectivity index (χ1) is 12.6. The van der Waals surface area contributed by atoms with E-state index in [4.69, 9.17) is 4.74 Å². The first-order valence-corrected chi connectivity index (χ1v) is 10.6. The summed E-state index contributed by atoms with van der Waals surface area (Å²) >= 11 is 3.24. The van der Waals surface area contributed by atoms with Gasteiger partial charge in [-0.05, 0) is 29.3 Å². The van der Waals surface area contributed by atoms with E-state index in [2.05, 4.69) is 12.2 Å². The lowest BCUT2D eigenvalue weighted by atomic mass is 10.1. The Balaban J connectivity index is 1.96. The molecule has 2 heterocycles. The van der Waals surface area contributed by atoms with Crippen LogP contribution in [0.5, 0.6) is 0 Å². The number of hydrogen-bond acceptors (Lipinski definition) is 5. The van der Waals surface area contributed by atoms with Gasteiger partial charge in [-0.3, -0.25) is 9.69 Å². The first-order valence-electron chi connectivity index (χ1n) is 8.82. The monoisotopic (exact) mass is 394 g/mol. The summed E-state index contributed by atoms with van der Waals surface area (Å²) in [7, 11) is 0. The smallest absolute Gasteiger partial charge is 0.410 e. The lowest BCUT2D eigenvalue weighted by Gasteiger charge is -2.23. The maximum absolute atomic E-state index is 12.7. The zero-order valence-corrected chi connectivity index (χ0v) is 16.9. The van der Waals surface area contributed by atoms with E-state index in [1.54, 1.807) is 27.6 Å². The maximum Gasteiger partial charge on any atom is 0.410 e. The highest BCUT2D eigenvalue weighted by atomic mass is 32.1. The summed E-state index contributed by atoms with van der Waals surface area (Å²) in [5, 5.41) is 6.87. The van der Waals surface area contributed by atoms with Crippen LogP contribution in [0, 0.1) is 0 Å². The highest BCUT2D eigenvalue weighted by Crippen LogP contribution is 2.18. The fourth-order valence-electron chi connectivity index (χ4n) is 2.56. The Morgan fingerprint density at radius 3 is 2.23 bits per heavy atom. The van der Waals surface area contributed by atoms with Crippen LogP contribution in [0.2, 0.25) is 0 Å². The Labute approximate surface area is 163 Å².